The fourth-order valence-corrected chi connectivity index (χ4v) is 3.14. The largest absolute Gasteiger partial charge is 0.508 e. The molecule has 1 aromatic carbocycles. The van der Waals surface area contributed by atoms with Gasteiger partial charge in [-0.25, -0.2) is 4.79 Å². The van der Waals surface area contributed by atoms with E-state index in [1.807, 2.05) is 0 Å². The molecule has 0 aliphatic heterocycles. The number of unbranched alkanes of at least 4 members (excludes halogenated alkanes) is 1. The Morgan fingerprint density at radius 2 is 1.42 bits per heavy atom. The van der Waals surface area contributed by atoms with Crippen LogP contribution in [0.15, 0.2) is 24.3 Å². The molecule has 0 aliphatic carbocycles. The number of aliphatic carboxylic acids is 1. The van der Waals surface area contributed by atoms with Gasteiger partial charge in [-0.1, -0.05) is 18.6 Å². The number of carboxylic acids is 1. The third-order valence-electron chi connectivity index (χ3n) is 5.15. The summed E-state index contributed by atoms with van der Waals surface area (Å²) in [6.45, 7) is -0.372. The predicted octanol–water partition coefficient (Wildman–Crippen LogP) is -3.20. The molecule has 0 aliphatic rings. The van der Waals surface area contributed by atoms with Gasteiger partial charge < -0.3 is 48.5 Å². The monoisotopic (exact) mass is 510 g/mol. The van der Waals surface area contributed by atoms with Crippen LogP contribution in [0.5, 0.6) is 5.75 Å². The first kappa shape index (κ1) is 30.3. The topological polar surface area (TPSA) is 260 Å². The molecule has 200 valence electrons. The Kier molecular flexibility index (Phi) is 12.9. The lowest BCUT2D eigenvalue weighted by molar-refractivity contribution is -0.143. The van der Waals surface area contributed by atoms with E-state index in [2.05, 4.69) is 16.0 Å². The zero-order valence-electron chi connectivity index (χ0n) is 19.7. The van der Waals surface area contributed by atoms with Crippen molar-refractivity contribution in [2.24, 2.45) is 17.2 Å². The van der Waals surface area contributed by atoms with Gasteiger partial charge in [0.25, 0.3) is 0 Å². The molecule has 14 nitrogen and oxygen atoms in total. The molecule has 1 rings (SSSR count). The summed E-state index contributed by atoms with van der Waals surface area (Å²) in [5.41, 5.74) is 16.7. The van der Waals surface area contributed by atoms with Crippen molar-refractivity contribution >= 4 is 29.6 Å². The van der Waals surface area contributed by atoms with Crippen molar-refractivity contribution in [3.63, 3.8) is 0 Å². The molecule has 0 fully saturated rings. The van der Waals surface area contributed by atoms with Crippen LogP contribution in [-0.4, -0.2) is 82.2 Å². The highest BCUT2D eigenvalue weighted by atomic mass is 16.4. The summed E-state index contributed by atoms with van der Waals surface area (Å²) in [6.07, 6.45) is 0.729. The van der Waals surface area contributed by atoms with Gasteiger partial charge >= 0.3 is 5.97 Å². The minimum Gasteiger partial charge on any atom is -0.508 e. The summed E-state index contributed by atoms with van der Waals surface area (Å²) in [6, 6.07) is 0.241. The van der Waals surface area contributed by atoms with Gasteiger partial charge in [-0.3, -0.25) is 19.2 Å². The highest BCUT2D eigenvalue weighted by Crippen LogP contribution is 2.12. The average molecular weight is 511 g/mol. The molecule has 4 amide bonds. The molecular formula is C22H34N6O8. The quantitative estimate of drug-likeness (QED) is 0.101. The number of carbonyl (C=O) groups excluding carboxylic acids is 4. The summed E-state index contributed by atoms with van der Waals surface area (Å²) < 4.78 is 0. The number of amides is 4. The van der Waals surface area contributed by atoms with Gasteiger partial charge in [0.1, 0.15) is 23.9 Å². The molecule has 0 saturated carbocycles. The van der Waals surface area contributed by atoms with E-state index in [-0.39, 0.29) is 12.2 Å². The van der Waals surface area contributed by atoms with Gasteiger partial charge in [-0.05, 0) is 37.1 Å². The number of hydrogen-bond acceptors (Lipinski definition) is 9. The number of nitrogens with two attached hydrogens (primary N) is 3. The van der Waals surface area contributed by atoms with Crippen LogP contribution in [0.4, 0.5) is 0 Å². The lowest BCUT2D eigenvalue weighted by atomic mass is 10.0. The van der Waals surface area contributed by atoms with Crippen molar-refractivity contribution in [2.75, 3.05) is 13.2 Å². The van der Waals surface area contributed by atoms with Crippen LogP contribution in [0.2, 0.25) is 0 Å². The van der Waals surface area contributed by atoms with E-state index in [0.717, 1.165) is 0 Å². The zero-order valence-corrected chi connectivity index (χ0v) is 19.7. The van der Waals surface area contributed by atoms with Crippen molar-refractivity contribution in [1.82, 2.24) is 16.0 Å². The van der Waals surface area contributed by atoms with E-state index in [1.54, 1.807) is 0 Å². The van der Waals surface area contributed by atoms with E-state index in [4.69, 9.17) is 17.2 Å². The first-order chi connectivity index (χ1) is 17.0. The Morgan fingerprint density at radius 3 is 1.94 bits per heavy atom. The number of rotatable bonds is 16. The fourth-order valence-electron chi connectivity index (χ4n) is 3.14. The molecule has 0 bridgehead atoms. The number of phenolic OH excluding ortho intramolecular Hbond substituents is 1. The zero-order chi connectivity index (χ0) is 27.3. The minimum atomic E-state index is -1.64. The van der Waals surface area contributed by atoms with E-state index in [0.29, 0.717) is 31.4 Å². The highest BCUT2D eigenvalue weighted by molar-refractivity contribution is 5.95. The number of benzene rings is 1. The molecule has 0 saturated heterocycles. The average Bonchev–Trinajstić information content (AvgIpc) is 2.82. The summed E-state index contributed by atoms with van der Waals surface area (Å²) in [5, 5.41) is 35.2. The third-order valence-corrected chi connectivity index (χ3v) is 5.15. The molecule has 4 atom stereocenters. The molecule has 12 N–H and O–H groups in total. The number of hydrogen-bond donors (Lipinski definition) is 9. The normalized spacial score (nSPS) is 14.1. The van der Waals surface area contributed by atoms with Crippen molar-refractivity contribution in [1.29, 1.82) is 0 Å². The highest BCUT2D eigenvalue weighted by Gasteiger charge is 2.30. The Balaban J connectivity index is 3.00. The van der Waals surface area contributed by atoms with Crippen LogP contribution in [-0.2, 0) is 30.4 Å². The van der Waals surface area contributed by atoms with E-state index in [1.165, 1.54) is 24.3 Å². The number of nitrogens with one attached hydrogen (secondary N) is 3. The lowest BCUT2D eigenvalue weighted by Crippen LogP contribution is -2.58. The number of phenols is 1. The summed E-state index contributed by atoms with van der Waals surface area (Å²) >= 11 is 0. The van der Waals surface area contributed by atoms with Crippen molar-refractivity contribution in [2.45, 2.75) is 56.3 Å². The number of aliphatic hydroxyl groups excluding tert-OH is 1. The predicted molar refractivity (Wildman–Crippen MR) is 127 cm³/mol. The Bertz CT molecular complexity index is 910. The first-order valence-electron chi connectivity index (χ1n) is 11.2. The lowest BCUT2D eigenvalue weighted by Gasteiger charge is -2.24. The van der Waals surface area contributed by atoms with Crippen LogP contribution in [0.3, 0.4) is 0 Å². The molecule has 0 aromatic heterocycles. The van der Waals surface area contributed by atoms with Crippen molar-refractivity contribution < 1.29 is 39.3 Å². The molecule has 14 heteroatoms. The van der Waals surface area contributed by atoms with E-state index < -0.39 is 66.8 Å². The second kappa shape index (κ2) is 15.3. The number of carbonyl (C=O) groups is 5. The van der Waals surface area contributed by atoms with Gasteiger partial charge in [0.2, 0.25) is 23.6 Å². The SMILES string of the molecule is NCCCCC(N)C(=O)NC(CO)C(=O)NC(Cc1ccc(O)cc1)C(=O)NC(CC(N)=O)C(=O)O. The van der Waals surface area contributed by atoms with Crippen LogP contribution in [0, 0.1) is 0 Å². The fraction of sp³-hybridized carbons (Fsp3) is 0.500. The van der Waals surface area contributed by atoms with Crippen LogP contribution >= 0.6 is 0 Å². The van der Waals surface area contributed by atoms with Crippen molar-refractivity contribution in [3.8, 4) is 5.75 Å². The second-order valence-electron chi connectivity index (χ2n) is 8.14. The molecule has 0 radical (unpaired) electrons. The maximum absolute atomic E-state index is 12.9. The molecule has 4 unspecified atom stereocenters. The van der Waals surface area contributed by atoms with Gasteiger partial charge in [0.15, 0.2) is 0 Å². The first-order valence-corrected chi connectivity index (χ1v) is 11.2. The molecule has 0 spiro atoms. The van der Waals surface area contributed by atoms with Crippen LogP contribution < -0.4 is 33.2 Å². The van der Waals surface area contributed by atoms with Gasteiger partial charge in [0.05, 0.1) is 19.1 Å². The van der Waals surface area contributed by atoms with E-state index in [9.17, 15) is 39.3 Å². The Labute approximate surface area is 207 Å². The Hall–Kier alpha value is -3.75. The summed E-state index contributed by atoms with van der Waals surface area (Å²) in [5.74, 6) is -5.09. The maximum Gasteiger partial charge on any atom is 0.326 e. The molecule has 36 heavy (non-hydrogen) atoms. The minimum absolute atomic E-state index is 0.0398. The molecule has 0 heterocycles. The van der Waals surface area contributed by atoms with Crippen LogP contribution in [0.1, 0.15) is 31.2 Å². The smallest absolute Gasteiger partial charge is 0.326 e. The third kappa shape index (κ3) is 10.7. The van der Waals surface area contributed by atoms with Crippen molar-refractivity contribution in [3.05, 3.63) is 29.8 Å². The summed E-state index contributed by atoms with van der Waals surface area (Å²) in [7, 11) is 0. The van der Waals surface area contributed by atoms with Gasteiger partial charge in [-0.15, -0.1) is 0 Å². The Morgan fingerprint density at radius 1 is 0.861 bits per heavy atom. The molecular weight excluding hydrogens is 476 g/mol. The standard InChI is InChI=1S/C22H34N6O8/c23-8-2-1-3-14(24)19(32)28-17(11-29)21(34)26-15(9-12-4-6-13(30)7-5-12)20(33)27-16(22(35)36)10-18(25)31/h4-7,14-17,29-30H,1-3,8-11,23-24H2,(H2,25,31)(H,26,34)(H,27,33)(H,28,32)(H,35,36). The van der Waals surface area contributed by atoms with Gasteiger partial charge in [0, 0.05) is 6.42 Å². The van der Waals surface area contributed by atoms with Crippen LogP contribution in [0.25, 0.3) is 0 Å². The number of aromatic hydroxyl groups is 1. The van der Waals surface area contributed by atoms with E-state index >= 15 is 0 Å². The van der Waals surface area contributed by atoms with Gasteiger partial charge in [-0.2, -0.15) is 0 Å². The number of aliphatic hydroxyl groups is 1. The summed E-state index contributed by atoms with van der Waals surface area (Å²) in [4.78, 5) is 60.5. The second-order valence-corrected chi connectivity index (χ2v) is 8.14. The molecule has 1 aromatic rings. The number of primary amides is 1. The maximum atomic E-state index is 12.9. The number of carboxylic acid groups (broad SMARTS) is 1.